The van der Waals surface area contributed by atoms with Crippen LogP contribution in [0, 0.1) is 0 Å². The molecule has 0 saturated carbocycles. The summed E-state index contributed by atoms with van der Waals surface area (Å²) in [5, 5.41) is 7.81. The zero-order valence-electron chi connectivity index (χ0n) is 17.1. The van der Waals surface area contributed by atoms with E-state index in [4.69, 9.17) is 16.6 Å². The number of aromatic nitrogens is 3. The monoisotopic (exact) mass is 466 g/mol. The van der Waals surface area contributed by atoms with Crippen molar-refractivity contribution in [2.24, 2.45) is 4.99 Å². The van der Waals surface area contributed by atoms with Gasteiger partial charge in [0.2, 0.25) is 0 Å². The first-order valence-electron chi connectivity index (χ1n) is 9.85. The van der Waals surface area contributed by atoms with Crippen molar-refractivity contribution in [2.45, 2.75) is 11.4 Å². The quantitative estimate of drug-likeness (QED) is 0.423. The highest BCUT2D eigenvalue weighted by Gasteiger charge is 2.21. The summed E-state index contributed by atoms with van der Waals surface area (Å²) in [5.74, 6) is 1.40. The lowest BCUT2D eigenvalue weighted by Crippen LogP contribution is -2.29. The van der Waals surface area contributed by atoms with E-state index < -0.39 is 9.84 Å². The molecule has 0 amide bonds. The van der Waals surface area contributed by atoms with Crippen molar-refractivity contribution in [3.8, 4) is 11.3 Å². The highest BCUT2D eigenvalue weighted by atomic mass is 35.5. The standard InChI is InChI=1S/C22H19ClN6O2S/c1-32(30,31)17-8-3-2-6-15(17)18-14(9-13-5-4-7-16(23)19(13)29-18)10-24-21-20-22(26-11-25-20)28-12-27-21/h2-9,11,28H,10,12H2,1H3,(H,24,27)(H,25,26). The van der Waals surface area contributed by atoms with Crippen LogP contribution in [0.5, 0.6) is 0 Å². The summed E-state index contributed by atoms with van der Waals surface area (Å²) >= 11 is 6.41. The molecular formula is C22H19ClN6O2S. The SMILES string of the molecule is CS(=O)(=O)c1ccccc1-c1nc2c(Cl)cccc2cc1CNC1=NCNc2nc[nH]c21. The maximum atomic E-state index is 12.5. The van der Waals surface area contributed by atoms with E-state index in [-0.39, 0.29) is 4.90 Å². The molecule has 0 fully saturated rings. The number of benzene rings is 2. The van der Waals surface area contributed by atoms with Gasteiger partial charge >= 0.3 is 0 Å². The number of para-hydroxylation sites is 1. The Morgan fingerprint density at radius 3 is 2.84 bits per heavy atom. The number of aromatic amines is 1. The molecule has 0 bridgehead atoms. The summed E-state index contributed by atoms with van der Waals surface area (Å²) in [6, 6.07) is 14.4. The van der Waals surface area contributed by atoms with Crippen molar-refractivity contribution in [3.05, 3.63) is 71.1 Å². The number of nitrogens with one attached hydrogen (secondary N) is 3. The van der Waals surface area contributed by atoms with Crippen LogP contribution >= 0.6 is 11.6 Å². The summed E-state index contributed by atoms with van der Waals surface area (Å²) in [4.78, 5) is 16.8. The van der Waals surface area contributed by atoms with Crippen LogP contribution in [0.2, 0.25) is 5.02 Å². The first-order valence-corrected chi connectivity index (χ1v) is 12.1. The van der Waals surface area contributed by atoms with Gasteiger partial charge in [-0.3, -0.25) is 0 Å². The number of imidazole rings is 1. The summed E-state index contributed by atoms with van der Waals surface area (Å²) in [6.45, 7) is 0.787. The van der Waals surface area contributed by atoms with Crippen LogP contribution in [0.3, 0.4) is 0 Å². The van der Waals surface area contributed by atoms with Gasteiger partial charge in [-0.25, -0.2) is 23.4 Å². The Kier molecular flexibility index (Phi) is 5.07. The van der Waals surface area contributed by atoms with E-state index in [0.717, 1.165) is 22.5 Å². The zero-order chi connectivity index (χ0) is 22.3. The van der Waals surface area contributed by atoms with E-state index in [9.17, 15) is 8.42 Å². The highest BCUT2D eigenvalue weighted by molar-refractivity contribution is 7.90. The van der Waals surface area contributed by atoms with Crippen LogP contribution < -0.4 is 10.6 Å². The summed E-state index contributed by atoms with van der Waals surface area (Å²) in [5.41, 5.74) is 3.29. The van der Waals surface area contributed by atoms with Crippen LogP contribution in [0.25, 0.3) is 22.2 Å². The lowest BCUT2D eigenvalue weighted by Gasteiger charge is -2.18. The molecule has 32 heavy (non-hydrogen) atoms. The molecule has 3 heterocycles. The molecule has 0 aliphatic carbocycles. The van der Waals surface area contributed by atoms with Gasteiger partial charge in [0.25, 0.3) is 0 Å². The number of hydrogen-bond donors (Lipinski definition) is 3. The molecule has 1 aliphatic rings. The van der Waals surface area contributed by atoms with Gasteiger partial charge in [-0.15, -0.1) is 0 Å². The predicted molar refractivity (Wildman–Crippen MR) is 126 cm³/mol. The minimum Gasteiger partial charge on any atom is -0.364 e. The zero-order valence-corrected chi connectivity index (χ0v) is 18.6. The van der Waals surface area contributed by atoms with Crippen LogP contribution in [0.4, 0.5) is 5.82 Å². The van der Waals surface area contributed by atoms with Gasteiger partial charge in [0.15, 0.2) is 21.5 Å². The van der Waals surface area contributed by atoms with Crippen molar-refractivity contribution in [1.29, 1.82) is 0 Å². The second-order valence-electron chi connectivity index (χ2n) is 7.40. The largest absolute Gasteiger partial charge is 0.364 e. The fourth-order valence-corrected chi connectivity index (χ4v) is 4.88. The molecule has 162 valence electrons. The van der Waals surface area contributed by atoms with E-state index in [1.165, 1.54) is 6.26 Å². The number of nitrogens with zero attached hydrogens (tertiary/aromatic N) is 3. The van der Waals surface area contributed by atoms with Gasteiger partial charge in [0.05, 0.1) is 27.5 Å². The number of anilines is 1. The topological polar surface area (TPSA) is 112 Å². The van der Waals surface area contributed by atoms with Crippen molar-refractivity contribution in [3.63, 3.8) is 0 Å². The van der Waals surface area contributed by atoms with Crippen molar-refractivity contribution >= 4 is 44.0 Å². The van der Waals surface area contributed by atoms with E-state index in [0.29, 0.717) is 40.8 Å². The molecule has 2 aromatic heterocycles. The van der Waals surface area contributed by atoms with Crippen LogP contribution in [0.15, 0.2) is 64.7 Å². The third-order valence-electron chi connectivity index (χ3n) is 5.22. The molecule has 0 spiro atoms. The minimum absolute atomic E-state index is 0.218. The maximum Gasteiger partial charge on any atom is 0.176 e. The van der Waals surface area contributed by atoms with E-state index in [1.807, 2.05) is 18.2 Å². The number of H-pyrrole nitrogens is 1. The molecule has 0 radical (unpaired) electrons. The molecule has 10 heteroatoms. The smallest absolute Gasteiger partial charge is 0.176 e. The number of aliphatic imine (C=N–C) groups is 1. The Morgan fingerprint density at radius 1 is 1.16 bits per heavy atom. The van der Waals surface area contributed by atoms with Gasteiger partial charge in [-0.1, -0.05) is 41.9 Å². The van der Waals surface area contributed by atoms with Gasteiger partial charge in [-0.05, 0) is 23.8 Å². The molecule has 0 atom stereocenters. The number of sulfone groups is 1. The highest BCUT2D eigenvalue weighted by Crippen LogP contribution is 2.33. The number of amidine groups is 1. The van der Waals surface area contributed by atoms with Crippen molar-refractivity contribution in [1.82, 2.24) is 20.3 Å². The Morgan fingerprint density at radius 2 is 2.00 bits per heavy atom. The molecule has 5 rings (SSSR count). The van der Waals surface area contributed by atoms with Crippen molar-refractivity contribution < 1.29 is 8.42 Å². The van der Waals surface area contributed by atoms with Crippen LogP contribution in [0.1, 0.15) is 11.3 Å². The molecule has 8 nitrogen and oxygen atoms in total. The second-order valence-corrected chi connectivity index (χ2v) is 9.79. The molecule has 0 unspecified atom stereocenters. The number of fused-ring (bicyclic) bond motifs is 2. The predicted octanol–water partition coefficient (Wildman–Crippen LogP) is 3.60. The Hall–Kier alpha value is -3.43. The van der Waals surface area contributed by atoms with Crippen LogP contribution in [-0.2, 0) is 16.4 Å². The number of rotatable bonds is 4. The Bertz CT molecular complexity index is 1480. The molecule has 4 aromatic rings. The number of halogens is 1. The fraction of sp³-hybridized carbons (Fsp3) is 0.136. The molecule has 0 saturated heterocycles. The number of hydrogen-bond acceptors (Lipinski definition) is 7. The van der Waals surface area contributed by atoms with Gasteiger partial charge in [-0.2, -0.15) is 0 Å². The third kappa shape index (κ3) is 3.69. The van der Waals surface area contributed by atoms with Gasteiger partial charge in [0, 0.05) is 23.8 Å². The summed E-state index contributed by atoms with van der Waals surface area (Å²) in [6.07, 6.45) is 2.80. The third-order valence-corrected chi connectivity index (χ3v) is 6.68. The first-order chi connectivity index (χ1) is 15.4. The lowest BCUT2D eigenvalue weighted by atomic mass is 10.0. The summed E-state index contributed by atoms with van der Waals surface area (Å²) < 4.78 is 25.0. The summed E-state index contributed by atoms with van der Waals surface area (Å²) in [7, 11) is -3.47. The number of pyridine rings is 1. The molecule has 3 N–H and O–H groups in total. The fourth-order valence-electron chi connectivity index (χ4n) is 3.76. The van der Waals surface area contributed by atoms with Gasteiger partial charge < -0.3 is 15.6 Å². The van der Waals surface area contributed by atoms with Gasteiger partial charge in [0.1, 0.15) is 12.4 Å². The van der Waals surface area contributed by atoms with E-state index in [2.05, 4.69) is 25.6 Å². The van der Waals surface area contributed by atoms with E-state index >= 15 is 0 Å². The van der Waals surface area contributed by atoms with Crippen molar-refractivity contribution in [2.75, 3.05) is 18.2 Å². The average Bonchev–Trinajstić information content (AvgIpc) is 3.26. The normalized spacial score (nSPS) is 13.4. The van der Waals surface area contributed by atoms with Crippen LogP contribution in [-0.4, -0.2) is 42.1 Å². The minimum atomic E-state index is -3.47. The maximum absolute atomic E-state index is 12.5. The van der Waals surface area contributed by atoms with E-state index in [1.54, 1.807) is 36.7 Å². The lowest BCUT2D eigenvalue weighted by molar-refractivity contribution is 0.602. The second kappa shape index (κ2) is 7.92. The Labute approximate surface area is 189 Å². The molecular weight excluding hydrogens is 448 g/mol. The molecule has 1 aliphatic heterocycles. The average molecular weight is 467 g/mol. The first kappa shape index (κ1) is 20.5. The molecule has 2 aromatic carbocycles. The Balaban J connectivity index is 1.64.